The molecule has 0 amide bonds. The molecule has 8 heteroatoms. The summed E-state index contributed by atoms with van der Waals surface area (Å²) >= 11 is 0. The Bertz CT molecular complexity index is 397. The summed E-state index contributed by atoms with van der Waals surface area (Å²) in [6, 6.07) is 0.583. The van der Waals surface area contributed by atoms with E-state index in [1.54, 1.807) is 0 Å². The molecule has 0 bridgehead atoms. The molecule has 0 atom stereocenters. The highest BCUT2D eigenvalue weighted by Crippen LogP contribution is 2.15. The standard InChI is InChI=1S/C11H20N6O2/c1-2-5-19-11-15-9(14-10(16-11)17-12)13-8-3-6-18-7-4-8/h8H,2-7,12H2,1H3,(H2,13,14,15,16,17). The summed E-state index contributed by atoms with van der Waals surface area (Å²) in [5.41, 5.74) is 2.41. The van der Waals surface area contributed by atoms with E-state index in [2.05, 4.69) is 25.7 Å². The quantitative estimate of drug-likeness (QED) is 0.507. The van der Waals surface area contributed by atoms with E-state index in [0.29, 0.717) is 18.6 Å². The van der Waals surface area contributed by atoms with Crippen LogP contribution in [0.5, 0.6) is 6.01 Å². The molecule has 0 spiro atoms. The first-order valence-corrected chi connectivity index (χ1v) is 6.51. The lowest BCUT2D eigenvalue weighted by molar-refractivity contribution is 0.0903. The van der Waals surface area contributed by atoms with Crippen LogP contribution in [0.4, 0.5) is 11.9 Å². The Hall–Kier alpha value is -1.67. The second-order valence-electron chi connectivity index (χ2n) is 4.29. The highest BCUT2D eigenvalue weighted by molar-refractivity contribution is 5.35. The van der Waals surface area contributed by atoms with Gasteiger partial charge in [0.25, 0.3) is 0 Å². The van der Waals surface area contributed by atoms with Crippen LogP contribution in [-0.4, -0.2) is 40.8 Å². The average Bonchev–Trinajstić information content (AvgIpc) is 2.46. The molecule has 1 fully saturated rings. The molecule has 0 unspecified atom stereocenters. The Kier molecular flexibility index (Phi) is 5.10. The number of aromatic nitrogens is 3. The summed E-state index contributed by atoms with van der Waals surface area (Å²) in [5.74, 6) is 6.10. The van der Waals surface area contributed by atoms with Gasteiger partial charge in [0.15, 0.2) is 0 Å². The summed E-state index contributed by atoms with van der Waals surface area (Å²) < 4.78 is 10.7. The lowest BCUT2D eigenvalue weighted by Crippen LogP contribution is -2.29. The first-order chi connectivity index (χ1) is 9.31. The maximum absolute atomic E-state index is 5.41. The van der Waals surface area contributed by atoms with Gasteiger partial charge in [-0.2, -0.15) is 15.0 Å². The summed E-state index contributed by atoms with van der Waals surface area (Å²) in [6.07, 6.45) is 2.75. The SMILES string of the molecule is CCCOc1nc(NN)nc(NC2CCOCC2)n1. The molecule has 19 heavy (non-hydrogen) atoms. The number of rotatable bonds is 6. The molecule has 1 aromatic rings. The van der Waals surface area contributed by atoms with Gasteiger partial charge in [-0.05, 0) is 19.3 Å². The molecule has 0 aromatic carbocycles. The number of hydrogen-bond donors (Lipinski definition) is 3. The monoisotopic (exact) mass is 268 g/mol. The second kappa shape index (κ2) is 7.05. The minimum atomic E-state index is 0.277. The first-order valence-electron chi connectivity index (χ1n) is 6.51. The van der Waals surface area contributed by atoms with E-state index in [1.165, 1.54) is 0 Å². The van der Waals surface area contributed by atoms with Crippen LogP contribution in [0.3, 0.4) is 0 Å². The van der Waals surface area contributed by atoms with Crippen LogP contribution in [-0.2, 0) is 4.74 Å². The van der Waals surface area contributed by atoms with E-state index in [1.807, 2.05) is 6.92 Å². The van der Waals surface area contributed by atoms with Crippen LogP contribution in [0, 0.1) is 0 Å². The summed E-state index contributed by atoms with van der Waals surface area (Å²) in [6.45, 7) is 4.09. The zero-order valence-corrected chi connectivity index (χ0v) is 11.1. The molecule has 0 aliphatic carbocycles. The molecular formula is C11H20N6O2. The number of ether oxygens (including phenoxy) is 2. The Morgan fingerprint density at radius 2 is 2.00 bits per heavy atom. The van der Waals surface area contributed by atoms with Crippen molar-refractivity contribution in [3.63, 3.8) is 0 Å². The largest absolute Gasteiger partial charge is 0.463 e. The van der Waals surface area contributed by atoms with Crippen molar-refractivity contribution in [1.29, 1.82) is 0 Å². The van der Waals surface area contributed by atoms with Crippen molar-refractivity contribution in [2.75, 3.05) is 30.6 Å². The van der Waals surface area contributed by atoms with E-state index < -0.39 is 0 Å². The average molecular weight is 268 g/mol. The number of nitrogens with two attached hydrogens (primary N) is 1. The zero-order chi connectivity index (χ0) is 13.5. The molecular weight excluding hydrogens is 248 g/mol. The Labute approximate surface area is 112 Å². The molecule has 0 radical (unpaired) electrons. The topological polar surface area (TPSA) is 107 Å². The van der Waals surface area contributed by atoms with Gasteiger partial charge in [-0.25, -0.2) is 5.84 Å². The van der Waals surface area contributed by atoms with Gasteiger partial charge in [-0.15, -0.1) is 0 Å². The van der Waals surface area contributed by atoms with Crippen LogP contribution in [0.25, 0.3) is 0 Å². The van der Waals surface area contributed by atoms with Gasteiger partial charge in [-0.1, -0.05) is 6.92 Å². The van der Waals surface area contributed by atoms with Crippen molar-refractivity contribution in [1.82, 2.24) is 15.0 Å². The zero-order valence-electron chi connectivity index (χ0n) is 11.1. The van der Waals surface area contributed by atoms with Gasteiger partial charge in [0, 0.05) is 19.3 Å². The highest BCUT2D eigenvalue weighted by Gasteiger charge is 2.16. The van der Waals surface area contributed by atoms with Crippen LogP contribution in [0.2, 0.25) is 0 Å². The highest BCUT2D eigenvalue weighted by atomic mass is 16.5. The van der Waals surface area contributed by atoms with Gasteiger partial charge in [0.05, 0.1) is 6.61 Å². The lowest BCUT2D eigenvalue weighted by Gasteiger charge is -2.23. The number of anilines is 2. The van der Waals surface area contributed by atoms with Gasteiger partial charge in [0.1, 0.15) is 0 Å². The summed E-state index contributed by atoms with van der Waals surface area (Å²) in [5, 5.41) is 3.25. The number of nitrogen functional groups attached to an aromatic ring is 1. The number of hydrogen-bond acceptors (Lipinski definition) is 8. The lowest BCUT2D eigenvalue weighted by atomic mass is 10.1. The van der Waals surface area contributed by atoms with Crippen LogP contribution in [0.15, 0.2) is 0 Å². The van der Waals surface area contributed by atoms with Crippen LogP contribution in [0.1, 0.15) is 26.2 Å². The molecule has 2 rings (SSSR count). The third-order valence-electron chi connectivity index (χ3n) is 2.73. The van der Waals surface area contributed by atoms with Gasteiger partial charge in [-0.3, -0.25) is 5.43 Å². The number of nitrogens with one attached hydrogen (secondary N) is 2. The molecule has 1 aromatic heterocycles. The van der Waals surface area contributed by atoms with E-state index in [9.17, 15) is 0 Å². The van der Waals surface area contributed by atoms with Crippen LogP contribution >= 0.6 is 0 Å². The molecule has 0 saturated carbocycles. The fourth-order valence-corrected chi connectivity index (χ4v) is 1.77. The maximum Gasteiger partial charge on any atom is 0.323 e. The second-order valence-corrected chi connectivity index (χ2v) is 4.29. The molecule has 1 aliphatic heterocycles. The molecule has 2 heterocycles. The first kappa shape index (κ1) is 13.8. The molecule has 1 aliphatic rings. The van der Waals surface area contributed by atoms with E-state index >= 15 is 0 Å². The predicted molar refractivity (Wildman–Crippen MR) is 70.9 cm³/mol. The molecule has 1 saturated heterocycles. The maximum atomic E-state index is 5.41. The fourth-order valence-electron chi connectivity index (χ4n) is 1.77. The third-order valence-corrected chi connectivity index (χ3v) is 2.73. The Morgan fingerprint density at radius 3 is 2.68 bits per heavy atom. The fraction of sp³-hybridized carbons (Fsp3) is 0.727. The predicted octanol–water partition coefficient (Wildman–Crippen LogP) is 0.537. The Morgan fingerprint density at radius 1 is 1.26 bits per heavy atom. The normalized spacial score (nSPS) is 16.1. The summed E-state index contributed by atoms with van der Waals surface area (Å²) in [7, 11) is 0. The van der Waals surface area contributed by atoms with Gasteiger partial charge < -0.3 is 14.8 Å². The van der Waals surface area contributed by atoms with Crippen molar-refractivity contribution in [2.24, 2.45) is 5.84 Å². The number of hydrazine groups is 1. The van der Waals surface area contributed by atoms with Crippen molar-refractivity contribution < 1.29 is 9.47 Å². The van der Waals surface area contributed by atoms with Crippen molar-refractivity contribution in [2.45, 2.75) is 32.2 Å². The van der Waals surface area contributed by atoms with Gasteiger partial charge in [0.2, 0.25) is 11.9 Å². The minimum absolute atomic E-state index is 0.277. The van der Waals surface area contributed by atoms with E-state index in [4.69, 9.17) is 15.3 Å². The minimum Gasteiger partial charge on any atom is -0.463 e. The van der Waals surface area contributed by atoms with E-state index in [-0.39, 0.29) is 12.0 Å². The summed E-state index contributed by atoms with van der Waals surface area (Å²) in [4.78, 5) is 12.4. The van der Waals surface area contributed by atoms with Crippen LogP contribution < -0.4 is 21.3 Å². The van der Waals surface area contributed by atoms with Gasteiger partial charge >= 0.3 is 6.01 Å². The number of nitrogens with zero attached hydrogens (tertiary/aromatic N) is 3. The molecule has 8 nitrogen and oxygen atoms in total. The molecule has 4 N–H and O–H groups in total. The van der Waals surface area contributed by atoms with E-state index in [0.717, 1.165) is 32.5 Å². The van der Waals surface area contributed by atoms with Crippen molar-refractivity contribution in [3.05, 3.63) is 0 Å². The molecule has 106 valence electrons. The third kappa shape index (κ3) is 4.18. The van der Waals surface area contributed by atoms with Crippen molar-refractivity contribution >= 4 is 11.9 Å². The van der Waals surface area contributed by atoms with Crippen molar-refractivity contribution in [3.8, 4) is 6.01 Å². The smallest absolute Gasteiger partial charge is 0.323 e. The Balaban J connectivity index is 2.04.